The fourth-order valence-electron chi connectivity index (χ4n) is 2.43. The number of rotatable bonds is 4. The predicted octanol–water partition coefficient (Wildman–Crippen LogP) is 3.88. The molecule has 0 spiro atoms. The van der Waals surface area contributed by atoms with Crippen LogP contribution in [0.25, 0.3) is 5.69 Å². The largest absolute Gasteiger partial charge is 0.497 e. The minimum Gasteiger partial charge on any atom is -0.497 e. The molecular formula is C20H17N3O2S. The molecule has 0 aliphatic heterocycles. The molecule has 2 aromatic carbocycles. The second kappa shape index (κ2) is 7.46. The molecule has 3 aromatic rings. The molecule has 0 aliphatic carbocycles. The van der Waals surface area contributed by atoms with Gasteiger partial charge in [0, 0.05) is 10.5 Å². The van der Waals surface area contributed by atoms with E-state index < -0.39 is 5.56 Å². The van der Waals surface area contributed by atoms with Gasteiger partial charge in [-0.3, -0.25) is 4.79 Å². The van der Waals surface area contributed by atoms with Crippen LogP contribution in [0.3, 0.4) is 0 Å². The lowest BCUT2D eigenvalue weighted by Crippen LogP contribution is -2.25. The minimum atomic E-state index is -0.427. The third-order valence-electron chi connectivity index (χ3n) is 3.96. The molecule has 0 fully saturated rings. The van der Waals surface area contributed by atoms with Gasteiger partial charge in [0.1, 0.15) is 22.4 Å². The molecule has 0 bridgehead atoms. The molecule has 1 heterocycles. The maximum absolute atomic E-state index is 12.7. The SMILES string of the molecule is COc1ccc(-n2nc(Sc3ccc(C)cc3)c(C)c(C#N)c2=O)cc1. The monoisotopic (exact) mass is 363 g/mol. The van der Waals surface area contributed by atoms with Gasteiger partial charge in [0.25, 0.3) is 5.56 Å². The first-order valence-corrected chi connectivity index (χ1v) is 8.78. The lowest BCUT2D eigenvalue weighted by molar-refractivity contribution is 0.414. The van der Waals surface area contributed by atoms with Gasteiger partial charge in [-0.25, -0.2) is 0 Å². The summed E-state index contributed by atoms with van der Waals surface area (Å²) < 4.78 is 6.41. The fourth-order valence-corrected chi connectivity index (χ4v) is 3.30. The van der Waals surface area contributed by atoms with Crippen molar-refractivity contribution < 1.29 is 4.74 Å². The smallest absolute Gasteiger partial charge is 0.289 e. The second-order valence-electron chi connectivity index (χ2n) is 5.75. The summed E-state index contributed by atoms with van der Waals surface area (Å²) in [5, 5.41) is 14.6. The molecule has 26 heavy (non-hydrogen) atoms. The molecule has 1 aromatic heterocycles. The Morgan fingerprint density at radius 2 is 1.73 bits per heavy atom. The fraction of sp³-hybridized carbons (Fsp3) is 0.150. The summed E-state index contributed by atoms with van der Waals surface area (Å²) in [6, 6.07) is 17.0. The van der Waals surface area contributed by atoms with Crippen LogP contribution in [0.5, 0.6) is 5.75 Å². The zero-order valence-electron chi connectivity index (χ0n) is 14.7. The molecule has 0 amide bonds. The summed E-state index contributed by atoms with van der Waals surface area (Å²) in [4.78, 5) is 13.7. The van der Waals surface area contributed by atoms with Crippen molar-refractivity contribution in [2.24, 2.45) is 0 Å². The van der Waals surface area contributed by atoms with Crippen molar-refractivity contribution in [3.63, 3.8) is 0 Å². The lowest BCUT2D eigenvalue weighted by atomic mass is 10.2. The van der Waals surface area contributed by atoms with Gasteiger partial charge in [0.05, 0.1) is 12.8 Å². The summed E-state index contributed by atoms with van der Waals surface area (Å²) in [6.45, 7) is 3.78. The standard InChI is InChI=1S/C20H17N3O2S/c1-13-4-10-17(11-5-13)26-19-14(2)18(12-21)20(24)23(22-19)15-6-8-16(25-3)9-7-15/h4-11H,1-3H3. The molecule has 0 saturated carbocycles. The topological polar surface area (TPSA) is 67.9 Å². The van der Waals surface area contributed by atoms with E-state index in [1.807, 2.05) is 37.3 Å². The number of aromatic nitrogens is 2. The van der Waals surface area contributed by atoms with E-state index in [9.17, 15) is 10.1 Å². The predicted molar refractivity (Wildman–Crippen MR) is 101 cm³/mol. The Kier molecular flexibility index (Phi) is 5.10. The van der Waals surface area contributed by atoms with Crippen molar-refractivity contribution in [2.75, 3.05) is 7.11 Å². The van der Waals surface area contributed by atoms with E-state index in [0.29, 0.717) is 22.0 Å². The molecule has 0 saturated heterocycles. The first-order chi connectivity index (χ1) is 12.5. The number of ether oxygens (including phenoxy) is 1. The minimum absolute atomic E-state index is 0.102. The van der Waals surface area contributed by atoms with Crippen LogP contribution in [0.15, 0.2) is 63.2 Å². The van der Waals surface area contributed by atoms with E-state index in [1.54, 1.807) is 38.3 Å². The molecule has 0 N–H and O–H groups in total. The molecule has 6 heteroatoms. The van der Waals surface area contributed by atoms with Crippen molar-refractivity contribution in [2.45, 2.75) is 23.8 Å². The van der Waals surface area contributed by atoms with E-state index in [4.69, 9.17) is 4.74 Å². The quantitative estimate of drug-likeness (QED) is 0.704. The molecule has 0 atom stereocenters. The zero-order valence-corrected chi connectivity index (χ0v) is 15.5. The summed E-state index contributed by atoms with van der Waals surface area (Å²) in [5.41, 5.74) is 2.01. The molecule has 130 valence electrons. The Bertz CT molecular complexity index is 1030. The number of benzene rings is 2. The average molecular weight is 363 g/mol. The normalized spacial score (nSPS) is 10.4. The second-order valence-corrected chi connectivity index (χ2v) is 6.81. The third kappa shape index (κ3) is 3.48. The van der Waals surface area contributed by atoms with Crippen molar-refractivity contribution >= 4 is 11.8 Å². The van der Waals surface area contributed by atoms with Gasteiger partial charge in [0.2, 0.25) is 0 Å². The van der Waals surface area contributed by atoms with Crippen molar-refractivity contribution in [3.05, 3.63) is 75.6 Å². The number of nitriles is 1. The summed E-state index contributed by atoms with van der Waals surface area (Å²) in [7, 11) is 1.58. The molecule has 5 nitrogen and oxygen atoms in total. The van der Waals surface area contributed by atoms with Gasteiger partial charge in [-0.2, -0.15) is 15.0 Å². The highest BCUT2D eigenvalue weighted by atomic mass is 32.2. The molecule has 0 radical (unpaired) electrons. The van der Waals surface area contributed by atoms with Crippen LogP contribution in [0.1, 0.15) is 16.7 Å². The number of hydrogen-bond acceptors (Lipinski definition) is 5. The van der Waals surface area contributed by atoms with Gasteiger partial charge in [-0.15, -0.1) is 0 Å². The molecule has 0 unspecified atom stereocenters. The number of aryl methyl sites for hydroxylation is 1. The Hall–Kier alpha value is -3.04. The van der Waals surface area contributed by atoms with Crippen LogP contribution in [0.2, 0.25) is 0 Å². The van der Waals surface area contributed by atoms with E-state index >= 15 is 0 Å². The number of nitrogens with zero attached hydrogens (tertiary/aromatic N) is 3. The molecule has 0 aliphatic rings. The first kappa shape index (κ1) is 17.8. The van der Waals surface area contributed by atoms with E-state index in [2.05, 4.69) is 5.10 Å². The maximum atomic E-state index is 12.7. The van der Waals surface area contributed by atoms with Gasteiger partial charge >= 0.3 is 0 Å². The van der Waals surface area contributed by atoms with Gasteiger partial charge in [-0.05, 0) is 50.2 Å². The Labute approximate surface area is 155 Å². The van der Waals surface area contributed by atoms with Crippen LogP contribution in [0.4, 0.5) is 0 Å². The van der Waals surface area contributed by atoms with Crippen LogP contribution in [-0.2, 0) is 0 Å². The third-order valence-corrected chi connectivity index (χ3v) is 5.05. The van der Waals surface area contributed by atoms with E-state index in [0.717, 1.165) is 4.90 Å². The highest BCUT2D eigenvalue weighted by Gasteiger charge is 2.16. The van der Waals surface area contributed by atoms with Crippen LogP contribution in [0, 0.1) is 25.2 Å². The van der Waals surface area contributed by atoms with Gasteiger partial charge in [-0.1, -0.05) is 29.5 Å². The van der Waals surface area contributed by atoms with Crippen LogP contribution in [-0.4, -0.2) is 16.9 Å². The number of hydrogen-bond donors (Lipinski definition) is 0. The molecular weight excluding hydrogens is 346 g/mol. The summed E-state index contributed by atoms with van der Waals surface area (Å²) in [6.07, 6.45) is 0. The van der Waals surface area contributed by atoms with E-state index in [-0.39, 0.29) is 5.56 Å². The Balaban J connectivity index is 2.11. The van der Waals surface area contributed by atoms with Gasteiger partial charge < -0.3 is 4.74 Å². The van der Waals surface area contributed by atoms with Crippen molar-refractivity contribution in [1.29, 1.82) is 5.26 Å². The maximum Gasteiger partial charge on any atom is 0.289 e. The van der Waals surface area contributed by atoms with Crippen LogP contribution >= 0.6 is 11.8 Å². The van der Waals surface area contributed by atoms with Crippen LogP contribution < -0.4 is 10.3 Å². The summed E-state index contributed by atoms with van der Waals surface area (Å²) >= 11 is 1.43. The Morgan fingerprint density at radius 1 is 1.08 bits per heavy atom. The zero-order chi connectivity index (χ0) is 18.7. The highest BCUT2D eigenvalue weighted by Crippen LogP contribution is 2.29. The molecule has 3 rings (SSSR count). The van der Waals surface area contributed by atoms with Crippen molar-refractivity contribution in [3.8, 4) is 17.5 Å². The van der Waals surface area contributed by atoms with Crippen molar-refractivity contribution in [1.82, 2.24) is 9.78 Å². The Morgan fingerprint density at radius 3 is 2.31 bits per heavy atom. The highest BCUT2D eigenvalue weighted by molar-refractivity contribution is 7.99. The van der Waals surface area contributed by atoms with Gasteiger partial charge in [0.15, 0.2) is 0 Å². The lowest BCUT2D eigenvalue weighted by Gasteiger charge is -2.11. The number of methoxy groups -OCH3 is 1. The average Bonchev–Trinajstić information content (AvgIpc) is 2.66. The first-order valence-electron chi connectivity index (χ1n) is 7.96. The summed E-state index contributed by atoms with van der Waals surface area (Å²) in [5.74, 6) is 0.684. The van der Waals surface area contributed by atoms with E-state index in [1.165, 1.54) is 22.0 Å².